The molecule has 3 heteroatoms. The molecule has 0 saturated carbocycles. The van der Waals surface area contributed by atoms with Crippen molar-refractivity contribution in [3.63, 3.8) is 0 Å². The average molecular weight is 238 g/mol. The Morgan fingerprint density at radius 2 is 1.76 bits per heavy atom. The fraction of sp³-hybridized carbons (Fsp3) is 0.571. The van der Waals surface area contributed by atoms with Gasteiger partial charge in [-0.15, -0.1) is 0 Å². The van der Waals surface area contributed by atoms with Gasteiger partial charge in [0.25, 0.3) is 0 Å². The Hall–Kier alpha value is -0.930. The van der Waals surface area contributed by atoms with Gasteiger partial charge < -0.3 is 0 Å². The second-order valence-corrected chi connectivity index (χ2v) is 4.61. The van der Waals surface area contributed by atoms with E-state index >= 15 is 0 Å². The summed E-state index contributed by atoms with van der Waals surface area (Å²) in [5.74, 6) is 6.10. The first-order valence-corrected chi connectivity index (χ1v) is 6.40. The number of benzene rings is 1. The first-order chi connectivity index (χ1) is 8.19. The van der Waals surface area contributed by atoms with Crippen molar-refractivity contribution in [3.05, 3.63) is 35.6 Å². The highest BCUT2D eigenvalue weighted by molar-refractivity contribution is 5.17. The molecule has 0 saturated heterocycles. The topological polar surface area (TPSA) is 38.0 Å². The van der Waals surface area contributed by atoms with Crippen LogP contribution in [0, 0.1) is 11.7 Å². The van der Waals surface area contributed by atoms with E-state index in [1.54, 1.807) is 0 Å². The van der Waals surface area contributed by atoms with Gasteiger partial charge in [-0.1, -0.05) is 38.8 Å². The molecule has 0 amide bonds. The van der Waals surface area contributed by atoms with Crippen LogP contribution in [0.3, 0.4) is 0 Å². The van der Waals surface area contributed by atoms with E-state index in [1.165, 1.54) is 25.0 Å². The molecule has 17 heavy (non-hydrogen) atoms. The van der Waals surface area contributed by atoms with Crippen LogP contribution in [0.25, 0.3) is 0 Å². The van der Waals surface area contributed by atoms with Crippen molar-refractivity contribution in [1.82, 2.24) is 5.43 Å². The second-order valence-electron chi connectivity index (χ2n) is 4.61. The van der Waals surface area contributed by atoms with Gasteiger partial charge in [0.2, 0.25) is 0 Å². The minimum Gasteiger partial charge on any atom is -0.271 e. The lowest BCUT2D eigenvalue weighted by molar-refractivity contribution is 0.366. The molecule has 2 nitrogen and oxygen atoms in total. The highest BCUT2D eigenvalue weighted by Crippen LogP contribution is 2.17. The Bertz CT molecular complexity index is 307. The third kappa shape index (κ3) is 4.84. The van der Waals surface area contributed by atoms with Crippen LogP contribution in [0.5, 0.6) is 0 Å². The molecular formula is C14H23FN2. The van der Waals surface area contributed by atoms with E-state index in [0.717, 1.165) is 18.4 Å². The summed E-state index contributed by atoms with van der Waals surface area (Å²) in [7, 11) is 0. The number of hydrazine groups is 1. The molecule has 1 aromatic carbocycles. The van der Waals surface area contributed by atoms with Crippen LogP contribution >= 0.6 is 0 Å². The van der Waals surface area contributed by atoms with E-state index in [1.807, 2.05) is 12.1 Å². The van der Waals surface area contributed by atoms with E-state index in [4.69, 9.17) is 5.84 Å². The standard InChI is InChI=1S/C14H23FN2/c1-3-11(4-2)9-14(17-16)10-12-5-7-13(15)8-6-12/h5-8,11,14,17H,3-4,9-10,16H2,1-2H3. The lowest BCUT2D eigenvalue weighted by Gasteiger charge is -2.21. The van der Waals surface area contributed by atoms with Crippen molar-refractivity contribution in [2.24, 2.45) is 11.8 Å². The number of nitrogens with two attached hydrogens (primary N) is 1. The van der Waals surface area contributed by atoms with Crippen molar-refractivity contribution in [1.29, 1.82) is 0 Å². The maximum atomic E-state index is 12.8. The highest BCUT2D eigenvalue weighted by atomic mass is 19.1. The van der Waals surface area contributed by atoms with E-state index in [0.29, 0.717) is 5.92 Å². The lowest BCUT2D eigenvalue weighted by atomic mass is 9.92. The molecule has 1 aromatic rings. The Morgan fingerprint density at radius 3 is 2.24 bits per heavy atom. The number of rotatable bonds is 7. The molecule has 3 N–H and O–H groups in total. The summed E-state index contributed by atoms with van der Waals surface area (Å²) in [6.45, 7) is 4.42. The first-order valence-electron chi connectivity index (χ1n) is 6.40. The monoisotopic (exact) mass is 238 g/mol. The third-order valence-electron chi connectivity index (χ3n) is 3.40. The van der Waals surface area contributed by atoms with Gasteiger partial charge in [0, 0.05) is 6.04 Å². The summed E-state index contributed by atoms with van der Waals surface area (Å²) < 4.78 is 12.8. The van der Waals surface area contributed by atoms with Gasteiger partial charge in [-0.25, -0.2) is 4.39 Å². The summed E-state index contributed by atoms with van der Waals surface area (Å²) >= 11 is 0. The summed E-state index contributed by atoms with van der Waals surface area (Å²) in [4.78, 5) is 0. The molecule has 0 aliphatic heterocycles. The molecule has 0 heterocycles. The molecule has 0 aliphatic rings. The minimum atomic E-state index is -0.189. The predicted octanol–water partition coefficient (Wildman–Crippen LogP) is 3.03. The molecule has 96 valence electrons. The van der Waals surface area contributed by atoms with Gasteiger partial charge in [0.05, 0.1) is 0 Å². The smallest absolute Gasteiger partial charge is 0.123 e. The van der Waals surface area contributed by atoms with Crippen molar-refractivity contribution < 1.29 is 4.39 Å². The molecular weight excluding hydrogens is 215 g/mol. The molecule has 0 fully saturated rings. The fourth-order valence-electron chi connectivity index (χ4n) is 2.14. The highest BCUT2D eigenvalue weighted by Gasteiger charge is 2.13. The number of hydrogen-bond acceptors (Lipinski definition) is 2. The van der Waals surface area contributed by atoms with Crippen molar-refractivity contribution in [3.8, 4) is 0 Å². The van der Waals surface area contributed by atoms with Gasteiger partial charge >= 0.3 is 0 Å². The largest absolute Gasteiger partial charge is 0.271 e. The molecule has 1 unspecified atom stereocenters. The predicted molar refractivity (Wildman–Crippen MR) is 69.9 cm³/mol. The first kappa shape index (κ1) is 14.1. The Balaban J connectivity index is 2.54. The van der Waals surface area contributed by atoms with Crippen LogP contribution in [0.1, 0.15) is 38.7 Å². The summed E-state index contributed by atoms with van der Waals surface area (Å²) in [6.07, 6.45) is 4.28. The Morgan fingerprint density at radius 1 is 1.18 bits per heavy atom. The van der Waals surface area contributed by atoms with E-state index in [2.05, 4.69) is 19.3 Å². The number of hydrogen-bond donors (Lipinski definition) is 2. The maximum Gasteiger partial charge on any atom is 0.123 e. The SMILES string of the molecule is CCC(CC)CC(Cc1ccc(F)cc1)NN. The van der Waals surface area contributed by atoms with E-state index in [-0.39, 0.29) is 11.9 Å². The molecule has 0 aromatic heterocycles. The fourth-order valence-corrected chi connectivity index (χ4v) is 2.14. The summed E-state index contributed by atoms with van der Waals surface area (Å²) in [5, 5.41) is 0. The molecule has 0 aliphatic carbocycles. The zero-order valence-electron chi connectivity index (χ0n) is 10.7. The van der Waals surface area contributed by atoms with Crippen LogP contribution in [0.2, 0.25) is 0 Å². The second kappa shape index (κ2) is 7.41. The average Bonchev–Trinajstić information content (AvgIpc) is 2.37. The van der Waals surface area contributed by atoms with Crippen LogP contribution in [0.15, 0.2) is 24.3 Å². The van der Waals surface area contributed by atoms with Crippen LogP contribution in [-0.4, -0.2) is 6.04 Å². The molecule has 0 bridgehead atoms. The van der Waals surface area contributed by atoms with E-state index in [9.17, 15) is 4.39 Å². The summed E-state index contributed by atoms with van der Waals surface area (Å²) in [6, 6.07) is 6.92. The number of halogens is 1. The quantitative estimate of drug-likeness (QED) is 0.566. The molecule has 0 radical (unpaired) electrons. The van der Waals surface area contributed by atoms with Crippen molar-refractivity contribution in [2.75, 3.05) is 0 Å². The Kier molecular flexibility index (Phi) is 6.16. The van der Waals surface area contributed by atoms with Gasteiger partial charge in [-0.05, 0) is 36.5 Å². The van der Waals surface area contributed by atoms with Crippen molar-refractivity contribution >= 4 is 0 Å². The van der Waals surface area contributed by atoms with Crippen LogP contribution < -0.4 is 11.3 Å². The lowest BCUT2D eigenvalue weighted by Crippen LogP contribution is -2.38. The van der Waals surface area contributed by atoms with Gasteiger partial charge in [0.15, 0.2) is 0 Å². The van der Waals surface area contributed by atoms with Gasteiger partial charge in [-0.2, -0.15) is 0 Å². The summed E-state index contributed by atoms with van der Waals surface area (Å²) in [5.41, 5.74) is 4.00. The third-order valence-corrected chi connectivity index (χ3v) is 3.40. The maximum absolute atomic E-state index is 12.8. The number of nitrogens with one attached hydrogen (secondary N) is 1. The Labute approximate surface area is 103 Å². The van der Waals surface area contributed by atoms with Crippen LogP contribution in [-0.2, 0) is 6.42 Å². The normalized spacial score (nSPS) is 13.0. The zero-order valence-corrected chi connectivity index (χ0v) is 10.7. The molecule has 0 spiro atoms. The van der Waals surface area contributed by atoms with Gasteiger partial charge in [0.1, 0.15) is 5.82 Å². The minimum absolute atomic E-state index is 0.189. The van der Waals surface area contributed by atoms with Gasteiger partial charge in [-0.3, -0.25) is 11.3 Å². The van der Waals surface area contributed by atoms with E-state index < -0.39 is 0 Å². The zero-order chi connectivity index (χ0) is 12.7. The molecule has 1 rings (SSSR count). The van der Waals surface area contributed by atoms with Crippen molar-refractivity contribution in [2.45, 2.75) is 45.6 Å². The van der Waals surface area contributed by atoms with Crippen LogP contribution in [0.4, 0.5) is 4.39 Å². The molecule has 1 atom stereocenters.